The normalized spacial score (nSPS) is 11.2. The number of nitrogens with two attached hydrogens (primary N) is 1. The van der Waals surface area contributed by atoms with E-state index in [1.165, 1.54) is 4.90 Å². The molecular formula is C27H30N4O4S. The van der Waals surface area contributed by atoms with Gasteiger partial charge in [0.2, 0.25) is 0 Å². The van der Waals surface area contributed by atoms with Crippen LogP contribution in [0.4, 0.5) is 5.69 Å². The van der Waals surface area contributed by atoms with E-state index in [4.69, 9.17) is 11.1 Å². The van der Waals surface area contributed by atoms with Gasteiger partial charge in [0.15, 0.2) is 9.84 Å². The third kappa shape index (κ3) is 6.79. The van der Waals surface area contributed by atoms with Crippen LogP contribution in [0.1, 0.15) is 25.0 Å². The number of nitrogens with one attached hydrogen (secondary N) is 2. The maximum atomic E-state index is 13.0. The Bertz CT molecular complexity index is 1380. The first-order valence-electron chi connectivity index (χ1n) is 11.4. The van der Waals surface area contributed by atoms with E-state index in [9.17, 15) is 18.0 Å². The van der Waals surface area contributed by atoms with Crippen molar-refractivity contribution in [2.75, 3.05) is 18.1 Å². The zero-order valence-electron chi connectivity index (χ0n) is 20.5. The number of carbonyl (C=O) groups is 2. The monoisotopic (exact) mass is 506 g/mol. The first kappa shape index (κ1) is 26.6. The predicted octanol–water partition coefficient (Wildman–Crippen LogP) is 3.66. The molecule has 0 radical (unpaired) electrons. The number of nitrogen functional groups attached to an aromatic ring is 1. The van der Waals surface area contributed by atoms with Gasteiger partial charge in [-0.15, -0.1) is 0 Å². The van der Waals surface area contributed by atoms with Crippen molar-refractivity contribution in [1.29, 1.82) is 5.41 Å². The standard InChI is InChI=1S/C27H30N4O4S/c1-18(2)16-31(17-19-7-6-8-21(15-19)25(28)29)27(33)26(32)30-22-13-11-20(12-14-22)23-9-4-5-10-24(23)36(3,34)35/h4-15,18H,16-17H2,1-3H3,(H3,28,29)(H,30,32). The molecule has 0 aliphatic rings. The van der Waals surface area contributed by atoms with Gasteiger partial charge < -0.3 is 16.0 Å². The van der Waals surface area contributed by atoms with E-state index < -0.39 is 21.7 Å². The number of carbonyl (C=O) groups excluding carboxylic acids is 2. The molecule has 2 amide bonds. The molecule has 0 saturated heterocycles. The zero-order chi connectivity index (χ0) is 26.5. The van der Waals surface area contributed by atoms with Crippen LogP contribution in [0.3, 0.4) is 0 Å². The van der Waals surface area contributed by atoms with Gasteiger partial charge in [-0.05, 0) is 41.3 Å². The van der Waals surface area contributed by atoms with E-state index in [2.05, 4.69) is 5.32 Å². The number of amidine groups is 1. The van der Waals surface area contributed by atoms with Gasteiger partial charge in [-0.3, -0.25) is 15.0 Å². The highest BCUT2D eigenvalue weighted by molar-refractivity contribution is 7.90. The highest BCUT2D eigenvalue weighted by atomic mass is 32.2. The maximum absolute atomic E-state index is 13.0. The molecule has 3 aromatic rings. The smallest absolute Gasteiger partial charge is 0.313 e. The molecular weight excluding hydrogens is 476 g/mol. The van der Waals surface area contributed by atoms with Gasteiger partial charge in [0.25, 0.3) is 0 Å². The molecule has 0 fully saturated rings. The first-order chi connectivity index (χ1) is 17.0. The van der Waals surface area contributed by atoms with Crippen molar-refractivity contribution in [3.63, 3.8) is 0 Å². The van der Waals surface area contributed by atoms with Crippen LogP contribution in [0.15, 0.2) is 77.7 Å². The SMILES string of the molecule is CC(C)CN(Cc1cccc(C(=N)N)c1)C(=O)C(=O)Nc1ccc(-c2ccccc2S(C)(=O)=O)cc1. The highest BCUT2D eigenvalue weighted by Gasteiger charge is 2.23. The third-order valence-electron chi connectivity index (χ3n) is 5.42. The topological polar surface area (TPSA) is 133 Å². The molecule has 0 atom stereocenters. The fraction of sp³-hybridized carbons (Fsp3) is 0.222. The summed E-state index contributed by atoms with van der Waals surface area (Å²) in [6, 6.07) is 20.4. The second-order valence-corrected chi connectivity index (χ2v) is 11.0. The summed E-state index contributed by atoms with van der Waals surface area (Å²) in [7, 11) is -3.41. The Morgan fingerprint density at radius 1 is 1.00 bits per heavy atom. The Labute approximate surface area is 211 Å². The first-order valence-corrected chi connectivity index (χ1v) is 13.3. The molecule has 0 bridgehead atoms. The Morgan fingerprint density at radius 2 is 1.67 bits per heavy atom. The number of sulfone groups is 1. The molecule has 188 valence electrons. The van der Waals surface area contributed by atoms with E-state index >= 15 is 0 Å². The van der Waals surface area contributed by atoms with Crippen LogP contribution in [0, 0.1) is 11.3 Å². The van der Waals surface area contributed by atoms with E-state index in [0.29, 0.717) is 28.9 Å². The number of nitrogens with zero attached hydrogens (tertiary/aromatic N) is 1. The minimum Gasteiger partial charge on any atom is -0.384 e. The summed E-state index contributed by atoms with van der Waals surface area (Å²) in [6.07, 6.45) is 1.16. The molecule has 0 unspecified atom stereocenters. The summed E-state index contributed by atoms with van der Waals surface area (Å²) in [5, 5.41) is 10.3. The summed E-state index contributed by atoms with van der Waals surface area (Å²) in [4.78, 5) is 27.5. The van der Waals surface area contributed by atoms with Gasteiger partial charge in [0.05, 0.1) is 4.90 Å². The van der Waals surface area contributed by atoms with Crippen LogP contribution < -0.4 is 11.1 Å². The van der Waals surface area contributed by atoms with Crippen molar-refractivity contribution in [2.24, 2.45) is 11.7 Å². The van der Waals surface area contributed by atoms with Crippen LogP contribution in [-0.4, -0.2) is 43.8 Å². The van der Waals surface area contributed by atoms with E-state index in [1.54, 1.807) is 66.7 Å². The summed E-state index contributed by atoms with van der Waals surface area (Å²) >= 11 is 0. The second kappa shape index (κ2) is 11.2. The lowest BCUT2D eigenvalue weighted by molar-refractivity contribution is -0.143. The van der Waals surface area contributed by atoms with Crippen molar-refractivity contribution in [1.82, 2.24) is 4.90 Å². The summed E-state index contributed by atoms with van der Waals surface area (Å²) in [6.45, 7) is 4.49. The van der Waals surface area contributed by atoms with E-state index in [0.717, 1.165) is 11.8 Å². The van der Waals surface area contributed by atoms with Crippen LogP contribution >= 0.6 is 0 Å². The molecule has 4 N–H and O–H groups in total. The van der Waals surface area contributed by atoms with Gasteiger partial charge in [-0.2, -0.15) is 0 Å². The molecule has 8 nitrogen and oxygen atoms in total. The third-order valence-corrected chi connectivity index (χ3v) is 6.57. The number of hydrogen-bond donors (Lipinski definition) is 3. The number of benzene rings is 3. The molecule has 0 aliphatic carbocycles. The average Bonchev–Trinajstić information content (AvgIpc) is 2.83. The Morgan fingerprint density at radius 3 is 2.28 bits per heavy atom. The lowest BCUT2D eigenvalue weighted by atomic mass is 10.1. The minimum absolute atomic E-state index is 0.0704. The van der Waals surface area contributed by atoms with Gasteiger partial charge >= 0.3 is 11.8 Å². The summed E-state index contributed by atoms with van der Waals surface area (Å²) < 4.78 is 24.2. The van der Waals surface area contributed by atoms with Crippen LogP contribution in [0.2, 0.25) is 0 Å². The Kier molecular flexibility index (Phi) is 8.26. The molecule has 0 aliphatic heterocycles. The number of amides is 2. The molecule has 9 heteroatoms. The summed E-state index contributed by atoms with van der Waals surface area (Å²) in [5.41, 5.74) is 8.53. The largest absolute Gasteiger partial charge is 0.384 e. The summed E-state index contributed by atoms with van der Waals surface area (Å²) in [5.74, 6) is -1.39. The lowest BCUT2D eigenvalue weighted by Gasteiger charge is -2.24. The van der Waals surface area contributed by atoms with E-state index in [-0.39, 0.29) is 23.2 Å². The molecule has 36 heavy (non-hydrogen) atoms. The molecule has 0 aromatic heterocycles. The molecule has 0 spiro atoms. The average molecular weight is 507 g/mol. The molecule has 0 heterocycles. The van der Waals surface area contributed by atoms with Crippen LogP contribution in [0.25, 0.3) is 11.1 Å². The predicted molar refractivity (Wildman–Crippen MR) is 141 cm³/mol. The van der Waals surface area contributed by atoms with Crippen molar-refractivity contribution < 1.29 is 18.0 Å². The fourth-order valence-electron chi connectivity index (χ4n) is 3.81. The lowest BCUT2D eigenvalue weighted by Crippen LogP contribution is -2.41. The van der Waals surface area contributed by atoms with Gasteiger partial charge in [0, 0.05) is 36.2 Å². The molecule has 0 saturated carbocycles. The van der Waals surface area contributed by atoms with Crippen LogP contribution in [-0.2, 0) is 26.0 Å². The second-order valence-electron chi connectivity index (χ2n) is 8.99. The highest BCUT2D eigenvalue weighted by Crippen LogP contribution is 2.28. The Hall–Kier alpha value is -3.98. The van der Waals surface area contributed by atoms with Gasteiger partial charge in [-0.25, -0.2) is 8.42 Å². The van der Waals surface area contributed by atoms with Gasteiger partial charge in [0.1, 0.15) is 5.84 Å². The van der Waals surface area contributed by atoms with Crippen molar-refractivity contribution in [3.8, 4) is 11.1 Å². The number of rotatable bonds is 8. The molecule has 3 rings (SSSR count). The number of hydrogen-bond acceptors (Lipinski definition) is 5. The molecule has 3 aromatic carbocycles. The van der Waals surface area contributed by atoms with Crippen molar-refractivity contribution in [3.05, 3.63) is 83.9 Å². The number of anilines is 1. The zero-order valence-corrected chi connectivity index (χ0v) is 21.3. The maximum Gasteiger partial charge on any atom is 0.313 e. The van der Waals surface area contributed by atoms with Crippen LogP contribution in [0.5, 0.6) is 0 Å². The van der Waals surface area contributed by atoms with Crippen molar-refractivity contribution in [2.45, 2.75) is 25.3 Å². The van der Waals surface area contributed by atoms with Gasteiger partial charge in [-0.1, -0.05) is 62.4 Å². The van der Waals surface area contributed by atoms with Crippen molar-refractivity contribution >= 4 is 33.2 Å². The van der Waals surface area contributed by atoms with E-state index in [1.807, 2.05) is 19.9 Å². The fourth-order valence-corrected chi connectivity index (χ4v) is 4.72. The minimum atomic E-state index is -3.41. The quantitative estimate of drug-likeness (QED) is 0.244. The Balaban J connectivity index is 1.77.